The molecule has 1 N–H and O–H groups in total. The van der Waals surface area contributed by atoms with Gasteiger partial charge in [-0.15, -0.1) is 11.3 Å². The summed E-state index contributed by atoms with van der Waals surface area (Å²) in [6.45, 7) is 2.36. The van der Waals surface area contributed by atoms with Crippen LogP contribution in [0.3, 0.4) is 0 Å². The zero-order chi connectivity index (χ0) is 19.5. The first kappa shape index (κ1) is 17.1. The van der Waals surface area contributed by atoms with Crippen LogP contribution in [-0.2, 0) is 17.3 Å². The molecule has 1 saturated heterocycles. The Kier molecular flexibility index (Phi) is 3.67. The monoisotopic (exact) mass is 393 g/mol. The van der Waals surface area contributed by atoms with Crippen molar-refractivity contribution in [3.63, 3.8) is 0 Å². The number of likely N-dealkylation sites (tertiary alicyclic amines) is 1. The lowest BCUT2D eigenvalue weighted by Crippen LogP contribution is -2.42. The van der Waals surface area contributed by atoms with E-state index in [0.29, 0.717) is 18.7 Å². The number of rotatable bonds is 2. The van der Waals surface area contributed by atoms with E-state index in [0.717, 1.165) is 21.8 Å². The summed E-state index contributed by atoms with van der Waals surface area (Å²) >= 11 is 1.45. The molecule has 142 valence electrons. The van der Waals surface area contributed by atoms with Crippen LogP contribution in [0.15, 0.2) is 42.0 Å². The maximum atomic E-state index is 13.3. The Balaban J connectivity index is 1.67. The maximum absolute atomic E-state index is 13.3. The van der Waals surface area contributed by atoms with Gasteiger partial charge in [-0.25, -0.2) is 4.98 Å². The molecule has 1 aromatic carbocycles. The van der Waals surface area contributed by atoms with Crippen molar-refractivity contribution >= 4 is 28.8 Å². The number of carbonyl (C=O) groups excluding carboxylic acids is 2. The topological polar surface area (TPSA) is 80.1 Å². The van der Waals surface area contributed by atoms with Crippen molar-refractivity contribution in [2.75, 3.05) is 11.9 Å². The van der Waals surface area contributed by atoms with Crippen LogP contribution in [0.25, 0.3) is 0 Å². The molecule has 3 aromatic rings. The molecule has 0 bridgehead atoms. The largest absolute Gasteiger partial charge is 0.329 e. The van der Waals surface area contributed by atoms with Gasteiger partial charge in [0.25, 0.3) is 5.91 Å². The van der Waals surface area contributed by atoms with E-state index in [2.05, 4.69) is 15.4 Å². The van der Waals surface area contributed by atoms with E-state index in [9.17, 15) is 9.59 Å². The van der Waals surface area contributed by atoms with Crippen LogP contribution in [0.1, 0.15) is 39.1 Å². The molecule has 1 fully saturated rings. The summed E-state index contributed by atoms with van der Waals surface area (Å²) in [4.78, 5) is 32.7. The van der Waals surface area contributed by atoms with E-state index >= 15 is 0 Å². The van der Waals surface area contributed by atoms with E-state index in [1.54, 1.807) is 21.2 Å². The van der Waals surface area contributed by atoms with Gasteiger partial charge in [0.2, 0.25) is 5.91 Å². The Morgan fingerprint density at radius 2 is 2.18 bits per heavy atom. The Labute approximate surface area is 166 Å². The van der Waals surface area contributed by atoms with Crippen LogP contribution in [0, 0.1) is 6.92 Å². The number of benzene rings is 1. The van der Waals surface area contributed by atoms with Crippen molar-refractivity contribution < 1.29 is 9.59 Å². The molecule has 2 aromatic heterocycles. The minimum atomic E-state index is -0.819. The number of para-hydroxylation sites is 1. The second kappa shape index (κ2) is 6.00. The molecule has 5 rings (SSSR count). The van der Waals surface area contributed by atoms with Crippen LogP contribution < -0.4 is 5.32 Å². The molecule has 2 atom stereocenters. The zero-order valence-corrected chi connectivity index (χ0v) is 16.4. The number of fused-ring (bicyclic) bond motifs is 2. The van der Waals surface area contributed by atoms with Crippen LogP contribution in [0.5, 0.6) is 0 Å². The molecule has 7 nitrogen and oxygen atoms in total. The predicted octanol–water partition coefficient (Wildman–Crippen LogP) is 2.66. The third kappa shape index (κ3) is 2.27. The van der Waals surface area contributed by atoms with E-state index in [1.807, 2.05) is 44.4 Å². The molecule has 1 spiro atoms. The summed E-state index contributed by atoms with van der Waals surface area (Å²) in [6, 6.07) is 7.32. The van der Waals surface area contributed by atoms with Gasteiger partial charge in [-0.3, -0.25) is 14.3 Å². The lowest BCUT2D eigenvalue weighted by atomic mass is 9.73. The number of hydrogen-bond donors (Lipinski definition) is 1. The molecule has 0 aliphatic carbocycles. The van der Waals surface area contributed by atoms with Gasteiger partial charge in [0.15, 0.2) is 0 Å². The van der Waals surface area contributed by atoms with Crippen LogP contribution in [0.2, 0.25) is 0 Å². The first-order valence-corrected chi connectivity index (χ1v) is 10.0. The molecule has 2 amide bonds. The normalized spacial score (nSPS) is 23.3. The molecular weight excluding hydrogens is 374 g/mol. The number of nitrogens with zero attached hydrogens (tertiary/aromatic N) is 4. The highest BCUT2D eigenvalue weighted by Crippen LogP contribution is 2.54. The molecule has 2 unspecified atom stereocenters. The second-order valence-electron chi connectivity index (χ2n) is 7.32. The van der Waals surface area contributed by atoms with Gasteiger partial charge in [0, 0.05) is 36.4 Å². The van der Waals surface area contributed by atoms with E-state index in [1.165, 1.54) is 11.3 Å². The molecule has 0 radical (unpaired) electrons. The molecule has 4 heterocycles. The predicted molar refractivity (Wildman–Crippen MR) is 105 cm³/mol. The summed E-state index contributed by atoms with van der Waals surface area (Å²) in [7, 11) is 1.84. The van der Waals surface area contributed by atoms with Crippen LogP contribution >= 0.6 is 11.3 Å². The lowest BCUT2D eigenvalue weighted by molar-refractivity contribution is -0.121. The van der Waals surface area contributed by atoms with Gasteiger partial charge in [-0.05, 0) is 25.0 Å². The second-order valence-corrected chi connectivity index (χ2v) is 8.38. The molecule has 2 aliphatic heterocycles. The quantitative estimate of drug-likeness (QED) is 0.726. The minimum absolute atomic E-state index is 0.0627. The van der Waals surface area contributed by atoms with Gasteiger partial charge in [0.05, 0.1) is 17.2 Å². The molecule has 8 heteroatoms. The van der Waals surface area contributed by atoms with Crippen molar-refractivity contribution in [1.29, 1.82) is 0 Å². The molecule has 28 heavy (non-hydrogen) atoms. The Morgan fingerprint density at radius 1 is 1.36 bits per heavy atom. The highest BCUT2D eigenvalue weighted by Gasteiger charge is 2.59. The van der Waals surface area contributed by atoms with Crippen molar-refractivity contribution in [2.24, 2.45) is 7.05 Å². The Hall–Kier alpha value is -3.00. The van der Waals surface area contributed by atoms with Crippen molar-refractivity contribution in [3.8, 4) is 0 Å². The standard InChI is InChI=1S/C20H19N5O2S/c1-12-22-16(11-28-12)18(26)25-8-7-20(17(25)13-9-21-24(2)10-13)14-5-3-4-6-15(14)23-19(20)27/h3-6,9-11,17H,7-8H2,1-2H3,(H,23,27). The molecule has 2 aliphatic rings. The Morgan fingerprint density at radius 3 is 2.89 bits per heavy atom. The van der Waals surface area contributed by atoms with Crippen molar-refractivity contribution in [3.05, 3.63) is 63.9 Å². The van der Waals surface area contributed by atoms with Gasteiger partial charge >= 0.3 is 0 Å². The number of anilines is 1. The summed E-state index contributed by atoms with van der Waals surface area (Å²) in [5, 5.41) is 9.95. The number of aryl methyl sites for hydroxylation is 2. The van der Waals surface area contributed by atoms with E-state index < -0.39 is 11.5 Å². The number of amides is 2. The molecular formula is C20H19N5O2S. The van der Waals surface area contributed by atoms with E-state index in [4.69, 9.17) is 0 Å². The lowest BCUT2D eigenvalue weighted by Gasteiger charge is -2.33. The summed E-state index contributed by atoms with van der Waals surface area (Å²) in [5.41, 5.74) is 2.23. The third-order valence-corrected chi connectivity index (χ3v) is 6.50. The third-order valence-electron chi connectivity index (χ3n) is 5.73. The van der Waals surface area contributed by atoms with Crippen molar-refractivity contribution in [1.82, 2.24) is 19.7 Å². The Bertz CT molecular complexity index is 1100. The number of aromatic nitrogens is 3. The highest BCUT2D eigenvalue weighted by molar-refractivity contribution is 7.09. The number of nitrogens with one attached hydrogen (secondary N) is 1. The first-order chi connectivity index (χ1) is 13.5. The fraction of sp³-hybridized carbons (Fsp3) is 0.300. The fourth-order valence-corrected chi connectivity index (χ4v) is 5.15. The molecule has 0 saturated carbocycles. The minimum Gasteiger partial charge on any atom is -0.329 e. The van der Waals surface area contributed by atoms with Gasteiger partial charge < -0.3 is 10.2 Å². The average Bonchev–Trinajstić information content (AvgIpc) is 3.43. The highest BCUT2D eigenvalue weighted by atomic mass is 32.1. The summed E-state index contributed by atoms with van der Waals surface area (Å²) in [5.74, 6) is -0.209. The van der Waals surface area contributed by atoms with Crippen LogP contribution in [-0.4, -0.2) is 38.0 Å². The van der Waals surface area contributed by atoms with Crippen LogP contribution in [0.4, 0.5) is 5.69 Å². The van der Waals surface area contributed by atoms with Gasteiger partial charge in [-0.2, -0.15) is 5.10 Å². The smallest absolute Gasteiger partial charge is 0.273 e. The SMILES string of the molecule is Cc1nc(C(=O)N2CCC3(C(=O)Nc4ccccc43)C2c2cnn(C)c2)cs1. The maximum Gasteiger partial charge on any atom is 0.273 e. The fourth-order valence-electron chi connectivity index (χ4n) is 4.56. The van der Waals surface area contributed by atoms with E-state index in [-0.39, 0.29) is 11.8 Å². The zero-order valence-electron chi connectivity index (χ0n) is 15.5. The average molecular weight is 393 g/mol. The number of thiazole rings is 1. The number of carbonyl (C=O) groups is 2. The first-order valence-electron chi connectivity index (χ1n) is 9.13. The summed E-state index contributed by atoms with van der Waals surface area (Å²) < 4.78 is 1.70. The van der Waals surface area contributed by atoms with Gasteiger partial charge in [0.1, 0.15) is 11.1 Å². The van der Waals surface area contributed by atoms with Gasteiger partial charge in [-0.1, -0.05) is 18.2 Å². The van der Waals surface area contributed by atoms with Crippen molar-refractivity contribution in [2.45, 2.75) is 24.8 Å². The number of hydrogen-bond acceptors (Lipinski definition) is 5. The summed E-state index contributed by atoms with van der Waals surface area (Å²) in [6.07, 6.45) is 4.20.